The monoisotopic (exact) mass is 893 g/mol. The van der Waals surface area contributed by atoms with Crippen molar-refractivity contribution < 1.29 is 43.9 Å². The molecule has 0 spiro atoms. The van der Waals surface area contributed by atoms with Gasteiger partial charge in [0.05, 0.1) is 18.2 Å². The Hall–Kier alpha value is -4.84. The number of aliphatic hydroxyl groups excluding tert-OH is 2. The first-order valence-corrected chi connectivity index (χ1v) is 24.5. The summed E-state index contributed by atoms with van der Waals surface area (Å²) >= 11 is 0. The van der Waals surface area contributed by atoms with E-state index in [9.17, 15) is 15.3 Å². The van der Waals surface area contributed by atoms with Gasteiger partial charge in [-0.2, -0.15) is 0 Å². The summed E-state index contributed by atoms with van der Waals surface area (Å²) in [6.07, 6.45) is 19.6. The van der Waals surface area contributed by atoms with Gasteiger partial charge in [-0.1, -0.05) is 125 Å². The molecule has 1 saturated carbocycles. The normalized spacial score (nSPS) is 23.3. The number of oxime groups is 1. The molecule has 0 saturated heterocycles. The Balaban J connectivity index is 1.34. The van der Waals surface area contributed by atoms with Crippen LogP contribution in [0.3, 0.4) is 0 Å². The molecule has 11 heteroatoms. The lowest BCUT2D eigenvalue weighted by atomic mass is 9.55. The standard InChI is InChI=1S/C54H72N2O9/c1-3-5-6-7-8-9-10-11-15-24-51(60)56(36-40-25-27-48-49(32-40)62-38-61-48)50-35-46(55-64-37-39-20-13-12-14-21-39)44-33-41(22-16-18-29-57)43(23-17-19-30-58)52-45-34-42(59)26-28-47(45)65-54(50,53(44)52)63-31-4-2/h4,12-14,20-21,25-28,32-34,41,43,50,52-53,57-59H,2-3,5-11,15-19,22-24,29-31,35-38H2,1H3. The Labute approximate surface area is 386 Å². The number of rotatable bonds is 27. The largest absolute Gasteiger partial charge is 0.508 e. The van der Waals surface area contributed by atoms with Crippen LogP contribution in [0.5, 0.6) is 23.0 Å². The summed E-state index contributed by atoms with van der Waals surface area (Å²) in [6.45, 7) is 7.37. The summed E-state index contributed by atoms with van der Waals surface area (Å²) < 4.78 is 26.1. The van der Waals surface area contributed by atoms with E-state index < -0.39 is 17.7 Å². The van der Waals surface area contributed by atoms with E-state index in [0.29, 0.717) is 42.9 Å². The molecule has 3 N–H and O–H groups in total. The number of unbranched alkanes of at least 4 members (excludes halogenated alkanes) is 10. The van der Waals surface area contributed by atoms with Gasteiger partial charge in [0, 0.05) is 44.1 Å². The zero-order chi connectivity index (χ0) is 45.4. The molecule has 352 valence electrons. The van der Waals surface area contributed by atoms with Crippen LogP contribution >= 0.6 is 0 Å². The fourth-order valence-corrected chi connectivity index (χ4v) is 10.8. The van der Waals surface area contributed by atoms with Gasteiger partial charge in [0.15, 0.2) is 11.5 Å². The molecule has 0 aromatic heterocycles. The van der Waals surface area contributed by atoms with Gasteiger partial charge in [-0.3, -0.25) is 4.79 Å². The molecule has 0 bridgehead atoms. The van der Waals surface area contributed by atoms with Crippen molar-refractivity contribution in [1.82, 2.24) is 4.90 Å². The molecule has 2 aliphatic heterocycles. The summed E-state index contributed by atoms with van der Waals surface area (Å²) in [5, 5.41) is 36.0. The molecule has 0 radical (unpaired) electrons. The van der Waals surface area contributed by atoms with Crippen LogP contribution in [0.25, 0.3) is 0 Å². The predicted molar refractivity (Wildman–Crippen MR) is 253 cm³/mol. The van der Waals surface area contributed by atoms with Crippen LogP contribution in [0, 0.1) is 17.8 Å². The molecule has 6 unspecified atom stereocenters. The molecule has 3 aromatic rings. The van der Waals surface area contributed by atoms with Crippen molar-refractivity contribution in [3.63, 3.8) is 0 Å². The zero-order valence-electron chi connectivity index (χ0n) is 38.5. The number of carbonyl (C=O) groups excluding carboxylic acids is 1. The number of allylic oxidation sites excluding steroid dienone is 1. The van der Waals surface area contributed by atoms with Crippen LogP contribution in [-0.2, 0) is 27.5 Å². The highest BCUT2D eigenvalue weighted by Crippen LogP contribution is 2.62. The summed E-state index contributed by atoms with van der Waals surface area (Å²) in [6, 6.07) is 20.5. The van der Waals surface area contributed by atoms with E-state index in [1.165, 1.54) is 38.5 Å². The summed E-state index contributed by atoms with van der Waals surface area (Å²) in [5.41, 5.74) is 4.45. The van der Waals surface area contributed by atoms with Crippen molar-refractivity contribution in [3.8, 4) is 23.0 Å². The van der Waals surface area contributed by atoms with Crippen LogP contribution in [0.2, 0.25) is 0 Å². The minimum atomic E-state index is -1.40. The van der Waals surface area contributed by atoms with Gasteiger partial charge in [0.1, 0.15) is 24.1 Å². The summed E-state index contributed by atoms with van der Waals surface area (Å²) in [4.78, 5) is 23.5. The molecule has 11 nitrogen and oxygen atoms in total. The van der Waals surface area contributed by atoms with Gasteiger partial charge >= 0.3 is 0 Å². The van der Waals surface area contributed by atoms with Crippen molar-refractivity contribution in [2.24, 2.45) is 22.9 Å². The van der Waals surface area contributed by atoms with Gasteiger partial charge in [0.25, 0.3) is 0 Å². The average molecular weight is 893 g/mol. The minimum absolute atomic E-state index is 0.00279. The van der Waals surface area contributed by atoms with Crippen molar-refractivity contribution in [3.05, 3.63) is 108 Å². The Kier molecular flexibility index (Phi) is 17.8. The molecule has 2 aliphatic carbocycles. The number of nitrogens with zero attached hydrogens (tertiary/aromatic N) is 2. The molecular formula is C54H72N2O9. The predicted octanol–water partition coefficient (Wildman–Crippen LogP) is 10.9. The van der Waals surface area contributed by atoms with Crippen LogP contribution in [0.4, 0.5) is 0 Å². The Bertz CT molecular complexity index is 2050. The first kappa shape index (κ1) is 48.1. The maximum atomic E-state index is 15.2. The molecule has 1 fully saturated rings. The smallest absolute Gasteiger partial charge is 0.239 e. The fourth-order valence-electron chi connectivity index (χ4n) is 10.8. The number of carbonyl (C=O) groups is 1. The number of benzene rings is 3. The third kappa shape index (κ3) is 11.8. The highest BCUT2D eigenvalue weighted by atomic mass is 16.7. The van der Waals surface area contributed by atoms with Crippen molar-refractivity contribution in [2.75, 3.05) is 26.6 Å². The number of hydrogen-bond donors (Lipinski definition) is 3. The maximum Gasteiger partial charge on any atom is 0.239 e. The third-order valence-corrected chi connectivity index (χ3v) is 13.9. The molecule has 65 heavy (non-hydrogen) atoms. The molecular weight excluding hydrogens is 821 g/mol. The molecule has 7 rings (SSSR count). The number of phenols is 1. The van der Waals surface area contributed by atoms with Crippen LogP contribution in [-0.4, -0.2) is 70.3 Å². The quantitative estimate of drug-likeness (QED) is 0.0388. The van der Waals surface area contributed by atoms with Gasteiger partial charge < -0.3 is 44.0 Å². The molecule has 6 atom stereocenters. The van der Waals surface area contributed by atoms with E-state index in [0.717, 1.165) is 72.9 Å². The number of aliphatic hydroxyl groups is 2. The minimum Gasteiger partial charge on any atom is -0.508 e. The van der Waals surface area contributed by atoms with Gasteiger partial charge in [-0.05, 0) is 91.0 Å². The van der Waals surface area contributed by atoms with E-state index in [1.807, 2.05) is 65.6 Å². The number of hydrogen-bond acceptors (Lipinski definition) is 10. The topological polar surface area (TPSA) is 140 Å². The van der Waals surface area contributed by atoms with Crippen molar-refractivity contribution in [2.45, 2.75) is 147 Å². The number of fused-ring (bicyclic) bond motifs is 3. The number of aromatic hydroxyl groups is 1. The van der Waals surface area contributed by atoms with Gasteiger partial charge in [-0.15, -0.1) is 6.58 Å². The van der Waals surface area contributed by atoms with Crippen LogP contribution < -0.4 is 14.2 Å². The molecule has 3 aromatic carbocycles. The van der Waals surface area contributed by atoms with E-state index in [2.05, 4.69) is 19.6 Å². The van der Waals surface area contributed by atoms with E-state index in [-0.39, 0.29) is 69.2 Å². The molecule has 1 amide bonds. The molecule has 2 heterocycles. The fraction of sp³-hybridized carbons (Fsp3) is 0.556. The number of phenolic OH excluding ortho intramolecular Hbond substituents is 1. The lowest BCUT2D eigenvalue weighted by Crippen LogP contribution is -2.70. The maximum absolute atomic E-state index is 15.2. The van der Waals surface area contributed by atoms with Crippen molar-refractivity contribution >= 4 is 11.6 Å². The first-order chi connectivity index (χ1) is 31.9. The number of amides is 1. The van der Waals surface area contributed by atoms with E-state index in [1.54, 1.807) is 12.1 Å². The van der Waals surface area contributed by atoms with Gasteiger partial charge in [0.2, 0.25) is 18.5 Å². The van der Waals surface area contributed by atoms with Crippen LogP contribution in [0.1, 0.15) is 139 Å². The summed E-state index contributed by atoms with van der Waals surface area (Å²) in [5.74, 6) is 0.101. The number of ether oxygens (including phenoxy) is 4. The molecule has 4 aliphatic rings. The average Bonchev–Trinajstić information content (AvgIpc) is 3.79. The Morgan fingerprint density at radius 3 is 2.32 bits per heavy atom. The highest BCUT2D eigenvalue weighted by molar-refractivity contribution is 6.03. The van der Waals surface area contributed by atoms with E-state index >= 15 is 4.79 Å². The zero-order valence-corrected chi connectivity index (χ0v) is 38.5. The Morgan fingerprint density at radius 1 is 0.846 bits per heavy atom. The third-order valence-electron chi connectivity index (χ3n) is 13.9. The lowest BCUT2D eigenvalue weighted by molar-refractivity contribution is -0.258. The first-order valence-electron chi connectivity index (χ1n) is 24.5. The van der Waals surface area contributed by atoms with Crippen LogP contribution in [0.15, 0.2) is 96.2 Å². The Morgan fingerprint density at radius 2 is 1.57 bits per heavy atom. The van der Waals surface area contributed by atoms with E-state index in [4.69, 9.17) is 28.9 Å². The van der Waals surface area contributed by atoms with Crippen molar-refractivity contribution in [1.29, 1.82) is 0 Å². The second-order valence-corrected chi connectivity index (χ2v) is 18.3. The highest BCUT2D eigenvalue weighted by Gasteiger charge is 2.65. The van der Waals surface area contributed by atoms with Gasteiger partial charge in [-0.25, -0.2) is 0 Å². The second kappa shape index (κ2) is 24.1. The lowest BCUT2D eigenvalue weighted by Gasteiger charge is -2.60. The SMILES string of the molecule is C=CCOC12Oc3ccc(O)cc3C3C(CCCCO)C(CCCCO)C=C(C(=NOCc4ccccc4)CC1N(Cc1ccc4c(c1)OCO4)C(=O)CCCCCCCCCCC)C32. The summed E-state index contributed by atoms with van der Waals surface area (Å²) in [7, 11) is 0. The second-order valence-electron chi connectivity index (χ2n) is 18.3.